The second-order valence-corrected chi connectivity index (χ2v) is 4.69. The summed E-state index contributed by atoms with van der Waals surface area (Å²) in [6.45, 7) is 6.29. The van der Waals surface area contributed by atoms with Gasteiger partial charge in [-0.15, -0.1) is 12.4 Å². The molecule has 0 unspecified atom stereocenters. The van der Waals surface area contributed by atoms with Crippen LogP contribution in [0, 0.1) is 13.8 Å². The number of halogens is 1. The van der Waals surface area contributed by atoms with E-state index in [9.17, 15) is 4.79 Å². The van der Waals surface area contributed by atoms with Gasteiger partial charge in [-0.3, -0.25) is 0 Å². The molecule has 0 aliphatic heterocycles. The van der Waals surface area contributed by atoms with Crippen molar-refractivity contribution in [2.45, 2.75) is 26.7 Å². The molecule has 2 rings (SSSR count). The molecule has 1 aromatic carbocycles. The van der Waals surface area contributed by atoms with Crippen molar-refractivity contribution in [1.82, 2.24) is 9.55 Å². The summed E-state index contributed by atoms with van der Waals surface area (Å²) in [7, 11) is 1.36. The van der Waals surface area contributed by atoms with Crippen LogP contribution in [0.2, 0.25) is 0 Å². The number of hydrogen-bond donors (Lipinski definition) is 0. The van der Waals surface area contributed by atoms with Crippen molar-refractivity contribution < 1.29 is 9.53 Å². The first-order valence-corrected chi connectivity index (χ1v) is 6.23. The zero-order valence-corrected chi connectivity index (χ0v) is 12.9. The average molecular weight is 295 g/mol. The third kappa shape index (κ3) is 3.02. The number of hydrogen-bond acceptors (Lipinski definition) is 3. The number of carbonyl (C=O) groups is 1. The molecule has 1 aromatic heterocycles. The minimum atomic E-state index is -0.424. The van der Waals surface area contributed by atoms with Crippen molar-refractivity contribution in [1.29, 1.82) is 0 Å². The Bertz CT molecular complexity index is 608. The van der Waals surface area contributed by atoms with Crippen LogP contribution in [-0.4, -0.2) is 22.8 Å². The number of nitrogens with zero attached hydrogens (tertiary/aromatic N) is 2. The number of rotatable bonds is 2. The molecule has 5 heteroatoms. The molecule has 0 N–H and O–H groups in total. The van der Waals surface area contributed by atoms with Gasteiger partial charge < -0.3 is 4.74 Å². The summed E-state index contributed by atoms with van der Waals surface area (Å²) in [4.78, 5) is 15.7. The van der Waals surface area contributed by atoms with E-state index in [1.165, 1.54) is 34.7 Å². The Balaban J connectivity index is 0.00000200. The molecular weight excluding hydrogens is 276 g/mol. The number of methoxy groups -OCH3 is 1. The fraction of sp³-hybridized carbons (Fsp3) is 0.333. The first-order chi connectivity index (χ1) is 9.04. The molecule has 0 bridgehead atoms. The maximum atomic E-state index is 11.4. The Morgan fingerprint density at radius 1 is 1.35 bits per heavy atom. The summed E-state index contributed by atoms with van der Waals surface area (Å²) in [5.74, 6) is 0.144. The van der Waals surface area contributed by atoms with Gasteiger partial charge in [0.2, 0.25) is 0 Å². The maximum absolute atomic E-state index is 11.4. The fourth-order valence-electron chi connectivity index (χ4n) is 2.17. The van der Waals surface area contributed by atoms with Crippen LogP contribution in [0.25, 0.3) is 0 Å². The van der Waals surface area contributed by atoms with Gasteiger partial charge in [0.1, 0.15) is 6.33 Å². The van der Waals surface area contributed by atoms with E-state index in [1.807, 2.05) is 6.07 Å². The lowest BCUT2D eigenvalue weighted by Crippen LogP contribution is -2.08. The molecular formula is C15H19ClN2O2. The molecule has 1 atom stereocenters. The molecule has 20 heavy (non-hydrogen) atoms. The van der Waals surface area contributed by atoms with Gasteiger partial charge in [-0.25, -0.2) is 14.3 Å². The summed E-state index contributed by atoms with van der Waals surface area (Å²) in [6, 6.07) is 6.24. The topological polar surface area (TPSA) is 44.1 Å². The normalized spacial score (nSPS) is 11.6. The molecule has 1 heterocycles. The monoisotopic (exact) mass is 294 g/mol. The van der Waals surface area contributed by atoms with Gasteiger partial charge in [-0.05, 0) is 30.5 Å². The molecule has 0 radical (unpaired) electrons. The lowest BCUT2D eigenvalue weighted by Gasteiger charge is -2.14. The van der Waals surface area contributed by atoms with Crippen LogP contribution in [-0.2, 0) is 4.74 Å². The first kappa shape index (κ1) is 16.2. The highest BCUT2D eigenvalue weighted by molar-refractivity contribution is 5.85. The summed E-state index contributed by atoms with van der Waals surface area (Å²) in [5, 5.41) is 0. The SMILES string of the molecule is COC(=O)n1cnc([C@@H](C)c2cccc(C)c2C)c1.Cl. The molecule has 108 valence electrons. The standard InChI is InChI=1S/C15H18N2O2.ClH/c1-10-6-5-7-13(11(10)2)12(3)14-8-17(9-16-14)15(18)19-4;/h5-9,12H,1-4H3;1H/t12-;/m0./s1. The third-order valence-electron chi connectivity index (χ3n) is 3.54. The van der Waals surface area contributed by atoms with E-state index in [2.05, 4.69) is 42.6 Å². The van der Waals surface area contributed by atoms with Gasteiger partial charge >= 0.3 is 6.09 Å². The van der Waals surface area contributed by atoms with Crippen LogP contribution in [0.1, 0.15) is 35.2 Å². The quantitative estimate of drug-likeness (QED) is 0.848. The zero-order valence-electron chi connectivity index (χ0n) is 12.1. The summed E-state index contributed by atoms with van der Waals surface area (Å²) in [6.07, 6.45) is 2.79. The number of aromatic nitrogens is 2. The number of carbonyl (C=O) groups excluding carboxylic acids is 1. The second kappa shape index (κ2) is 6.57. The molecule has 0 saturated heterocycles. The Kier molecular flexibility index (Phi) is 5.34. The van der Waals surface area contributed by atoms with Gasteiger partial charge in [0.25, 0.3) is 0 Å². The van der Waals surface area contributed by atoms with Crippen LogP contribution in [0.4, 0.5) is 4.79 Å². The second-order valence-electron chi connectivity index (χ2n) is 4.69. The van der Waals surface area contributed by atoms with E-state index >= 15 is 0 Å². The van der Waals surface area contributed by atoms with Gasteiger partial charge in [0.15, 0.2) is 0 Å². The van der Waals surface area contributed by atoms with E-state index in [1.54, 1.807) is 6.20 Å². The number of imidazole rings is 1. The Hall–Kier alpha value is -1.81. The molecule has 0 fully saturated rings. The van der Waals surface area contributed by atoms with Crippen molar-refractivity contribution in [2.75, 3.05) is 7.11 Å². The maximum Gasteiger partial charge on any atom is 0.418 e. The van der Waals surface area contributed by atoms with E-state index in [-0.39, 0.29) is 18.3 Å². The number of aryl methyl sites for hydroxylation is 1. The number of benzene rings is 1. The van der Waals surface area contributed by atoms with Crippen molar-refractivity contribution in [3.05, 3.63) is 53.1 Å². The van der Waals surface area contributed by atoms with Gasteiger partial charge in [0, 0.05) is 12.1 Å². The molecule has 0 amide bonds. The molecule has 4 nitrogen and oxygen atoms in total. The van der Waals surface area contributed by atoms with Crippen LogP contribution in [0.3, 0.4) is 0 Å². The largest absolute Gasteiger partial charge is 0.452 e. The molecule has 0 spiro atoms. The van der Waals surface area contributed by atoms with Crippen LogP contribution >= 0.6 is 12.4 Å². The number of ether oxygens (including phenoxy) is 1. The molecule has 0 aliphatic carbocycles. The summed E-state index contributed by atoms with van der Waals surface area (Å²) in [5.41, 5.74) is 4.62. The van der Waals surface area contributed by atoms with Crippen LogP contribution in [0.5, 0.6) is 0 Å². The van der Waals surface area contributed by atoms with Crippen LogP contribution < -0.4 is 0 Å². The summed E-state index contributed by atoms with van der Waals surface area (Å²) >= 11 is 0. The highest BCUT2D eigenvalue weighted by Crippen LogP contribution is 2.26. The van der Waals surface area contributed by atoms with Gasteiger partial charge in [-0.2, -0.15) is 0 Å². The van der Waals surface area contributed by atoms with Gasteiger partial charge in [-0.1, -0.05) is 25.1 Å². The minimum absolute atomic E-state index is 0. The Morgan fingerprint density at radius 3 is 2.70 bits per heavy atom. The van der Waals surface area contributed by atoms with Crippen molar-refractivity contribution >= 4 is 18.5 Å². The molecule has 2 aromatic rings. The fourth-order valence-corrected chi connectivity index (χ4v) is 2.17. The smallest absolute Gasteiger partial charge is 0.418 e. The van der Waals surface area contributed by atoms with E-state index in [4.69, 9.17) is 0 Å². The van der Waals surface area contributed by atoms with Crippen molar-refractivity contribution in [3.8, 4) is 0 Å². The average Bonchev–Trinajstić information content (AvgIpc) is 2.90. The highest BCUT2D eigenvalue weighted by atomic mass is 35.5. The lowest BCUT2D eigenvalue weighted by molar-refractivity contribution is 0.173. The molecule has 0 aliphatic rings. The Morgan fingerprint density at radius 2 is 2.05 bits per heavy atom. The minimum Gasteiger partial charge on any atom is -0.452 e. The first-order valence-electron chi connectivity index (χ1n) is 6.23. The Labute approximate surface area is 125 Å². The lowest BCUT2D eigenvalue weighted by atomic mass is 9.92. The van der Waals surface area contributed by atoms with Crippen molar-refractivity contribution in [2.24, 2.45) is 0 Å². The summed E-state index contributed by atoms with van der Waals surface area (Å²) < 4.78 is 6.02. The van der Waals surface area contributed by atoms with E-state index in [0.29, 0.717) is 0 Å². The van der Waals surface area contributed by atoms with Gasteiger partial charge in [0.05, 0.1) is 12.8 Å². The predicted molar refractivity (Wildman–Crippen MR) is 80.7 cm³/mol. The zero-order chi connectivity index (χ0) is 14.0. The van der Waals surface area contributed by atoms with Crippen molar-refractivity contribution in [3.63, 3.8) is 0 Å². The third-order valence-corrected chi connectivity index (χ3v) is 3.54. The van der Waals surface area contributed by atoms with Crippen LogP contribution in [0.15, 0.2) is 30.7 Å². The van der Waals surface area contributed by atoms with E-state index < -0.39 is 6.09 Å². The predicted octanol–water partition coefficient (Wildman–Crippen LogP) is 3.69. The molecule has 0 saturated carbocycles. The highest BCUT2D eigenvalue weighted by Gasteiger charge is 2.16. The van der Waals surface area contributed by atoms with E-state index in [0.717, 1.165) is 5.69 Å².